The lowest BCUT2D eigenvalue weighted by molar-refractivity contribution is -0.135. The Morgan fingerprint density at radius 1 is 0.652 bits per heavy atom. The number of amides is 4. The summed E-state index contributed by atoms with van der Waals surface area (Å²) in [5, 5.41) is 5.39. The van der Waals surface area contributed by atoms with Crippen molar-refractivity contribution in [3.63, 3.8) is 0 Å². The second-order valence-corrected chi connectivity index (χ2v) is 18.5. The first-order valence-electron chi connectivity index (χ1n) is 24.1. The predicted molar refractivity (Wildman–Crippen MR) is 262 cm³/mol. The number of alkyl carbamates (subject to hydrolysis) is 2. The summed E-state index contributed by atoms with van der Waals surface area (Å²) in [6, 6.07) is 24.6. The fraction of sp³-hybridized carbons (Fsp3) is 0.434. The maximum atomic E-state index is 13.8. The largest absolute Gasteiger partial charge is 0.453 e. The van der Waals surface area contributed by atoms with Crippen molar-refractivity contribution >= 4 is 46.1 Å². The van der Waals surface area contributed by atoms with Crippen LogP contribution < -0.4 is 10.6 Å². The molecule has 16 nitrogen and oxygen atoms in total. The second-order valence-electron chi connectivity index (χ2n) is 18.5. The molecule has 6 aromatic rings. The Labute approximate surface area is 401 Å². The quantitative estimate of drug-likeness (QED) is 0.0830. The van der Waals surface area contributed by atoms with Crippen molar-refractivity contribution in [3.8, 4) is 22.3 Å². The zero-order chi connectivity index (χ0) is 48.2. The monoisotopic (exact) mass is 938 g/mol. The van der Waals surface area contributed by atoms with E-state index in [1.54, 1.807) is 14.2 Å². The van der Waals surface area contributed by atoms with Crippen LogP contribution in [0.15, 0.2) is 72.8 Å². The lowest BCUT2D eigenvalue weighted by Gasteiger charge is -2.28. The Morgan fingerprint density at radius 2 is 1.17 bits per heavy atom. The van der Waals surface area contributed by atoms with Crippen molar-refractivity contribution < 1.29 is 38.1 Å². The lowest BCUT2D eigenvalue weighted by atomic mass is 9.84. The van der Waals surface area contributed by atoms with Crippen molar-refractivity contribution in [2.75, 3.05) is 54.7 Å². The van der Waals surface area contributed by atoms with Crippen LogP contribution in [0.2, 0.25) is 0 Å². The fourth-order valence-corrected chi connectivity index (χ4v) is 10.5. The van der Waals surface area contributed by atoms with Crippen LogP contribution in [0.5, 0.6) is 0 Å². The van der Waals surface area contributed by atoms with Gasteiger partial charge in [0.05, 0.1) is 48.4 Å². The minimum absolute atomic E-state index is 0.178. The molecule has 5 atom stereocenters. The number of fused-ring (bicyclic) bond motifs is 2. The van der Waals surface area contributed by atoms with Crippen LogP contribution in [-0.4, -0.2) is 121 Å². The number of methoxy groups -OCH3 is 4. The number of aromatic nitrogens is 4. The predicted octanol–water partition coefficient (Wildman–Crippen LogP) is 8.07. The third-order valence-corrected chi connectivity index (χ3v) is 14.2. The van der Waals surface area contributed by atoms with Gasteiger partial charge in [-0.1, -0.05) is 55.5 Å². The third-order valence-electron chi connectivity index (χ3n) is 14.2. The van der Waals surface area contributed by atoms with E-state index in [4.69, 9.17) is 28.9 Å². The van der Waals surface area contributed by atoms with Gasteiger partial charge in [-0.15, -0.1) is 0 Å². The van der Waals surface area contributed by atoms with Gasteiger partial charge in [0.1, 0.15) is 23.7 Å². The van der Waals surface area contributed by atoms with Crippen LogP contribution in [-0.2, 0) is 47.8 Å². The number of rotatable bonds is 14. The number of hydrogen-bond acceptors (Lipinski definition) is 10. The zero-order valence-corrected chi connectivity index (χ0v) is 40.1. The zero-order valence-electron chi connectivity index (χ0n) is 40.1. The highest BCUT2D eigenvalue weighted by molar-refractivity contribution is 5.88. The molecule has 16 heteroatoms. The molecular weight excluding hydrogens is 877 g/mol. The Hall–Kier alpha value is -6.78. The molecule has 362 valence electrons. The average molecular weight is 939 g/mol. The number of ether oxygens (including phenoxy) is 4. The molecule has 0 unspecified atom stereocenters. The van der Waals surface area contributed by atoms with Crippen LogP contribution in [0.4, 0.5) is 9.59 Å². The van der Waals surface area contributed by atoms with Gasteiger partial charge in [0.25, 0.3) is 0 Å². The van der Waals surface area contributed by atoms with Crippen molar-refractivity contribution in [1.82, 2.24) is 40.4 Å². The maximum absolute atomic E-state index is 13.8. The van der Waals surface area contributed by atoms with Crippen molar-refractivity contribution in [1.29, 1.82) is 0 Å². The highest BCUT2D eigenvalue weighted by Gasteiger charge is 2.38. The van der Waals surface area contributed by atoms with Gasteiger partial charge in [0, 0.05) is 53.4 Å². The van der Waals surface area contributed by atoms with E-state index in [0.29, 0.717) is 39.1 Å². The van der Waals surface area contributed by atoms with E-state index in [1.807, 2.05) is 9.80 Å². The molecule has 2 aromatic heterocycles. The molecule has 0 saturated carbocycles. The molecule has 4 heterocycles. The van der Waals surface area contributed by atoms with Crippen molar-refractivity contribution in [2.45, 2.75) is 94.8 Å². The molecule has 4 aromatic carbocycles. The Kier molecular flexibility index (Phi) is 14.3. The van der Waals surface area contributed by atoms with E-state index in [1.165, 1.54) is 47.6 Å². The number of likely N-dealkylation sites (tertiary alicyclic amines) is 2. The number of benzene rings is 4. The van der Waals surface area contributed by atoms with Crippen LogP contribution >= 0.6 is 0 Å². The molecule has 4 amide bonds. The highest BCUT2D eigenvalue weighted by Crippen LogP contribution is 2.39. The Balaban J connectivity index is 0.947. The van der Waals surface area contributed by atoms with Gasteiger partial charge in [-0.2, -0.15) is 0 Å². The maximum Gasteiger partial charge on any atom is 0.407 e. The van der Waals surface area contributed by atoms with Crippen LogP contribution in [0, 0.1) is 0 Å². The van der Waals surface area contributed by atoms with Gasteiger partial charge >= 0.3 is 12.2 Å². The number of aryl methyl sites for hydroxylation is 2. The molecule has 4 N–H and O–H groups in total. The number of aromatic amines is 2. The number of nitrogens with one attached hydrogen (secondary N) is 4. The summed E-state index contributed by atoms with van der Waals surface area (Å²) >= 11 is 0. The van der Waals surface area contributed by atoms with E-state index < -0.39 is 24.3 Å². The van der Waals surface area contributed by atoms with Crippen molar-refractivity contribution in [2.24, 2.45) is 0 Å². The molecule has 12 rings (SSSR count). The van der Waals surface area contributed by atoms with Gasteiger partial charge in [-0.05, 0) is 120 Å². The minimum Gasteiger partial charge on any atom is -0.453 e. The number of carbonyl (C=O) groups is 4. The fourth-order valence-electron chi connectivity index (χ4n) is 10.5. The third kappa shape index (κ3) is 10.0. The van der Waals surface area contributed by atoms with E-state index >= 15 is 0 Å². The minimum atomic E-state index is -0.771. The van der Waals surface area contributed by atoms with E-state index in [-0.39, 0.29) is 29.8 Å². The Morgan fingerprint density at radius 3 is 1.70 bits per heavy atom. The molecule has 4 bridgehead atoms. The van der Waals surface area contributed by atoms with E-state index in [2.05, 4.69) is 100 Å². The topological polar surface area (TPSA) is 193 Å². The van der Waals surface area contributed by atoms with E-state index in [9.17, 15) is 19.2 Å². The van der Waals surface area contributed by atoms with Crippen LogP contribution in [0.3, 0.4) is 0 Å². The molecule has 2 aliphatic heterocycles. The van der Waals surface area contributed by atoms with Gasteiger partial charge in [0.2, 0.25) is 11.8 Å². The molecule has 0 radical (unpaired) electrons. The van der Waals surface area contributed by atoms with Crippen molar-refractivity contribution in [3.05, 3.63) is 107 Å². The summed E-state index contributed by atoms with van der Waals surface area (Å²) in [6.45, 7) is 4.06. The van der Waals surface area contributed by atoms with Gasteiger partial charge < -0.3 is 49.3 Å². The summed E-state index contributed by atoms with van der Waals surface area (Å²) in [4.78, 5) is 72.8. The SMILES string of the molecule is COCC[C@H](NC(=O)OC)C(=O)N1CCC[C@H]1c1nc2cc(-c3cc4ccc3CCc3ccc(c(-c5ccc6[nH]c([C@@H]7CCCN7C(=O)[C@H](CCOC)NC(=O)OC)nc6c5)c3)C[C@H]4C)ccc2[nH]1. The first-order valence-corrected chi connectivity index (χ1v) is 24.1. The highest BCUT2D eigenvalue weighted by atomic mass is 16.5. The molecule has 0 spiro atoms. The number of nitrogens with zero attached hydrogens (tertiary/aromatic N) is 4. The summed E-state index contributed by atoms with van der Waals surface area (Å²) in [5.74, 6) is 1.32. The van der Waals surface area contributed by atoms with E-state index in [0.717, 1.165) is 89.8 Å². The molecular formula is C53H62N8O8. The number of hydrogen-bond donors (Lipinski definition) is 4. The standard InChI is InChI=1S/C53H62N8O8/c1-31-26-35-13-11-32(27-38(35)36-16-18-40-44(29-36)56-48(54-40)46-8-6-22-60(46)50(62)42(20-24-66-2)58-52(64)68-4)10-12-33-14-15-34(31)28-39(33)37-17-19-41-45(30-37)57-49(55-41)47-9-7-23-61(47)51(63)43(21-25-67-3)59-53(65)69-5/h11,13-19,27-31,42-43,46-47H,6-10,12,20-26H2,1-5H3,(H,54,56)(H,55,57)(H,58,64)(H,59,65)/t31-,42+,43+,46+,47+/m1/s1. The van der Waals surface area contributed by atoms with Crippen LogP contribution in [0.25, 0.3) is 44.3 Å². The Bertz CT molecular complexity index is 2860. The average Bonchev–Trinajstić information content (AvgIpc) is 4.21. The number of H-pyrrole nitrogens is 2. The second kappa shape index (κ2) is 20.8. The molecule has 69 heavy (non-hydrogen) atoms. The number of carbonyl (C=O) groups excluding carboxylic acids is 4. The van der Waals surface area contributed by atoms with Gasteiger partial charge in [-0.3, -0.25) is 9.59 Å². The first-order chi connectivity index (χ1) is 33.5. The van der Waals surface area contributed by atoms with Gasteiger partial charge in [0.15, 0.2) is 0 Å². The lowest BCUT2D eigenvalue weighted by Crippen LogP contribution is -2.49. The summed E-state index contributed by atoms with van der Waals surface area (Å²) in [7, 11) is 5.71. The first kappa shape index (κ1) is 47.3. The summed E-state index contributed by atoms with van der Waals surface area (Å²) in [6.07, 6.45) is 5.06. The number of imidazole rings is 2. The summed E-state index contributed by atoms with van der Waals surface area (Å²) in [5.41, 5.74) is 13.1. The smallest absolute Gasteiger partial charge is 0.407 e. The molecule has 2 fully saturated rings. The summed E-state index contributed by atoms with van der Waals surface area (Å²) < 4.78 is 20.1. The molecule has 4 aliphatic carbocycles. The molecule has 2 saturated heterocycles. The van der Waals surface area contributed by atoms with Crippen LogP contribution in [0.1, 0.15) is 97.4 Å². The normalized spacial score (nSPS) is 18.8. The molecule has 6 aliphatic rings. The van der Waals surface area contributed by atoms with Gasteiger partial charge in [-0.25, -0.2) is 19.6 Å².